The Morgan fingerprint density at radius 2 is 2.11 bits per heavy atom. The quantitative estimate of drug-likeness (QED) is 0.853. The molecule has 0 unspecified atom stereocenters. The van der Waals surface area contributed by atoms with Gasteiger partial charge in [0.2, 0.25) is 0 Å². The van der Waals surface area contributed by atoms with Crippen LogP contribution in [0.3, 0.4) is 0 Å². The molecule has 5 heteroatoms. The van der Waals surface area contributed by atoms with Crippen molar-refractivity contribution in [1.29, 1.82) is 0 Å². The molecule has 1 saturated carbocycles. The lowest BCUT2D eigenvalue weighted by molar-refractivity contribution is 0.0697. The van der Waals surface area contributed by atoms with Gasteiger partial charge in [-0.3, -0.25) is 4.79 Å². The predicted molar refractivity (Wildman–Crippen MR) is 69.7 cm³/mol. The van der Waals surface area contributed by atoms with Gasteiger partial charge in [0.15, 0.2) is 5.82 Å². The average molecular weight is 268 g/mol. The molecular weight excluding hydrogens is 250 g/mol. The average Bonchev–Trinajstić information content (AvgIpc) is 2.33. The standard InChI is InChI=1S/C14H18F2N2O/c1-2-18(8-9-4-3-5-9)14(19)12-10(15)6-7-11(17)13(12)16/h6-7,9H,2-5,8,17H2,1H3. The van der Waals surface area contributed by atoms with Gasteiger partial charge < -0.3 is 10.6 Å². The molecule has 104 valence electrons. The zero-order valence-corrected chi connectivity index (χ0v) is 11.0. The summed E-state index contributed by atoms with van der Waals surface area (Å²) in [5.74, 6) is -1.98. The number of nitrogens with zero attached hydrogens (tertiary/aromatic N) is 1. The zero-order valence-electron chi connectivity index (χ0n) is 11.0. The molecule has 1 aromatic carbocycles. The van der Waals surface area contributed by atoms with E-state index in [2.05, 4.69) is 0 Å². The summed E-state index contributed by atoms with van der Waals surface area (Å²) in [6.07, 6.45) is 3.31. The van der Waals surface area contributed by atoms with Gasteiger partial charge in [-0.15, -0.1) is 0 Å². The van der Waals surface area contributed by atoms with E-state index in [4.69, 9.17) is 5.73 Å². The lowest BCUT2D eigenvalue weighted by Crippen LogP contribution is -2.38. The number of hydrogen-bond donors (Lipinski definition) is 1. The summed E-state index contributed by atoms with van der Waals surface area (Å²) in [6, 6.07) is 2.16. The van der Waals surface area contributed by atoms with E-state index in [1.54, 1.807) is 6.92 Å². The van der Waals surface area contributed by atoms with E-state index in [-0.39, 0.29) is 5.69 Å². The summed E-state index contributed by atoms with van der Waals surface area (Å²) < 4.78 is 27.5. The van der Waals surface area contributed by atoms with Crippen LogP contribution in [0.4, 0.5) is 14.5 Å². The van der Waals surface area contributed by atoms with Crippen molar-refractivity contribution in [1.82, 2.24) is 4.90 Å². The number of amides is 1. The molecule has 0 atom stereocenters. The lowest BCUT2D eigenvalue weighted by atomic mass is 9.85. The van der Waals surface area contributed by atoms with Crippen LogP contribution in [0, 0.1) is 17.6 Å². The van der Waals surface area contributed by atoms with Gasteiger partial charge in [-0.25, -0.2) is 8.78 Å². The van der Waals surface area contributed by atoms with Gasteiger partial charge in [-0.05, 0) is 37.8 Å². The number of hydrogen-bond acceptors (Lipinski definition) is 2. The van der Waals surface area contributed by atoms with Gasteiger partial charge in [-0.2, -0.15) is 0 Å². The van der Waals surface area contributed by atoms with Gasteiger partial charge in [-0.1, -0.05) is 6.42 Å². The third-order valence-corrected chi connectivity index (χ3v) is 3.71. The van der Waals surface area contributed by atoms with Crippen molar-refractivity contribution in [2.45, 2.75) is 26.2 Å². The van der Waals surface area contributed by atoms with Crippen LogP contribution in [0.2, 0.25) is 0 Å². The van der Waals surface area contributed by atoms with Crippen LogP contribution in [0.15, 0.2) is 12.1 Å². The maximum atomic E-state index is 13.8. The Kier molecular flexibility index (Phi) is 4.02. The van der Waals surface area contributed by atoms with Gasteiger partial charge in [0.25, 0.3) is 5.91 Å². The number of rotatable bonds is 4. The van der Waals surface area contributed by atoms with Gasteiger partial charge in [0.1, 0.15) is 11.4 Å². The maximum absolute atomic E-state index is 13.8. The molecule has 0 saturated heterocycles. The first-order valence-electron chi connectivity index (χ1n) is 6.57. The van der Waals surface area contributed by atoms with E-state index in [0.717, 1.165) is 31.4 Å². The van der Waals surface area contributed by atoms with E-state index in [0.29, 0.717) is 19.0 Å². The van der Waals surface area contributed by atoms with Crippen LogP contribution >= 0.6 is 0 Å². The van der Waals surface area contributed by atoms with Crippen LogP contribution in [0.5, 0.6) is 0 Å². The topological polar surface area (TPSA) is 46.3 Å². The number of benzene rings is 1. The summed E-state index contributed by atoms with van der Waals surface area (Å²) in [5, 5.41) is 0. The first-order chi connectivity index (χ1) is 9.04. The van der Waals surface area contributed by atoms with E-state index in [1.165, 1.54) is 4.90 Å². The predicted octanol–water partition coefficient (Wildman–Crippen LogP) is 2.81. The SMILES string of the molecule is CCN(CC1CCC1)C(=O)c1c(F)ccc(N)c1F. The molecule has 1 aliphatic carbocycles. The molecule has 0 spiro atoms. The number of carbonyl (C=O) groups is 1. The first kappa shape index (κ1) is 13.8. The number of carbonyl (C=O) groups excluding carboxylic acids is 1. The van der Waals surface area contributed by atoms with Crippen LogP contribution in [-0.4, -0.2) is 23.9 Å². The van der Waals surface area contributed by atoms with Crippen molar-refractivity contribution in [3.8, 4) is 0 Å². The molecule has 0 aromatic heterocycles. The van der Waals surface area contributed by atoms with Crippen molar-refractivity contribution >= 4 is 11.6 Å². The molecule has 0 heterocycles. The van der Waals surface area contributed by atoms with Gasteiger partial charge in [0.05, 0.1) is 5.69 Å². The second-order valence-electron chi connectivity index (χ2n) is 4.97. The van der Waals surface area contributed by atoms with Crippen molar-refractivity contribution in [2.24, 2.45) is 5.92 Å². The highest BCUT2D eigenvalue weighted by atomic mass is 19.1. The molecule has 3 nitrogen and oxygen atoms in total. The summed E-state index contributed by atoms with van der Waals surface area (Å²) >= 11 is 0. The fourth-order valence-corrected chi connectivity index (χ4v) is 2.27. The van der Waals surface area contributed by atoms with Crippen molar-refractivity contribution < 1.29 is 13.6 Å². The normalized spacial score (nSPS) is 15.1. The fraction of sp³-hybridized carbons (Fsp3) is 0.500. The zero-order chi connectivity index (χ0) is 14.0. The minimum atomic E-state index is -0.961. The molecule has 0 radical (unpaired) electrons. The minimum absolute atomic E-state index is 0.204. The third-order valence-electron chi connectivity index (χ3n) is 3.71. The molecule has 1 amide bonds. The Morgan fingerprint density at radius 3 is 2.63 bits per heavy atom. The van der Waals surface area contributed by atoms with E-state index >= 15 is 0 Å². The third kappa shape index (κ3) is 2.69. The molecule has 1 aromatic rings. The number of nitrogen functional groups attached to an aromatic ring is 1. The highest BCUT2D eigenvalue weighted by Crippen LogP contribution is 2.28. The highest BCUT2D eigenvalue weighted by molar-refractivity contribution is 5.95. The van der Waals surface area contributed by atoms with Crippen LogP contribution in [0.25, 0.3) is 0 Å². The van der Waals surface area contributed by atoms with Crippen molar-refractivity contribution in [3.05, 3.63) is 29.3 Å². The van der Waals surface area contributed by atoms with E-state index in [9.17, 15) is 13.6 Å². The maximum Gasteiger partial charge on any atom is 0.259 e. The Morgan fingerprint density at radius 1 is 1.42 bits per heavy atom. The van der Waals surface area contributed by atoms with Crippen molar-refractivity contribution in [2.75, 3.05) is 18.8 Å². The van der Waals surface area contributed by atoms with Crippen LogP contribution in [-0.2, 0) is 0 Å². The molecular formula is C14H18F2N2O. The molecule has 1 aliphatic rings. The monoisotopic (exact) mass is 268 g/mol. The Bertz CT molecular complexity index is 487. The fourth-order valence-electron chi connectivity index (χ4n) is 2.27. The van der Waals surface area contributed by atoms with Crippen molar-refractivity contribution in [3.63, 3.8) is 0 Å². The molecule has 2 rings (SSSR count). The van der Waals surface area contributed by atoms with Gasteiger partial charge in [0, 0.05) is 13.1 Å². The van der Waals surface area contributed by atoms with E-state index < -0.39 is 23.1 Å². The molecule has 19 heavy (non-hydrogen) atoms. The van der Waals surface area contributed by atoms with Gasteiger partial charge >= 0.3 is 0 Å². The molecule has 1 fully saturated rings. The van der Waals surface area contributed by atoms with E-state index in [1.807, 2.05) is 0 Å². The Hall–Kier alpha value is -1.65. The summed E-state index contributed by atoms with van der Waals surface area (Å²) in [4.78, 5) is 13.7. The number of halogens is 2. The second-order valence-corrected chi connectivity index (χ2v) is 4.97. The molecule has 2 N–H and O–H groups in total. The number of nitrogens with two attached hydrogens (primary N) is 1. The summed E-state index contributed by atoms with van der Waals surface area (Å²) in [6.45, 7) is 2.80. The Balaban J connectivity index is 2.23. The Labute approximate surface area is 111 Å². The smallest absolute Gasteiger partial charge is 0.259 e. The largest absolute Gasteiger partial charge is 0.396 e. The highest BCUT2D eigenvalue weighted by Gasteiger charge is 2.27. The first-order valence-corrected chi connectivity index (χ1v) is 6.57. The van der Waals surface area contributed by atoms with Crippen LogP contribution < -0.4 is 5.73 Å². The number of anilines is 1. The lowest BCUT2D eigenvalue weighted by Gasteiger charge is -2.32. The minimum Gasteiger partial charge on any atom is -0.396 e. The summed E-state index contributed by atoms with van der Waals surface area (Å²) in [7, 11) is 0. The molecule has 0 aliphatic heterocycles. The summed E-state index contributed by atoms with van der Waals surface area (Å²) in [5.41, 5.74) is 4.65. The molecule has 0 bridgehead atoms. The van der Waals surface area contributed by atoms with Crippen LogP contribution in [0.1, 0.15) is 36.5 Å². The second kappa shape index (κ2) is 5.55.